The number of aromatic nitrogens is 4. The molecular formula is C18H21N5O. The highest BCUT2D eigenvalue weighted by Crippen LogP contribution is 2.15. The second kappa shape index (κ2) is 6.31. The molecule has 0 fully saturated rings. The summed E-state index contributed by atoms with van der Waals surface area (Å²) in [4.78, 5) is 12.5. The van der Waals surface area contributed by atoms with E-state index in [1.54, 1.807) is 10.7 Å². The summed E-state index contributed by atoms with van der Waals surface area (Å²) in [5.41, 5.74) is 4.58. The lowest BCUT2D eigenvalue weighted by Gasteiger charge is -2.06. The van der Waals surface area contributed by atoms with Crippen molar-refractivity contribution >= 4 is 11.7 Å². The Labute approximate surface area is 141 Å². The van der Waals surface area contributed by atoms with Crippen molar-refractivity contribution in [2.24, 2.45) is 7.05 Å². The zero-order chi connectivity index (χ0) is 17.3. The Morgan fingerprint density at radius 1 is 1.12 bits per heavy atom. The normalized spacial score (nSPS) is 10.8. The van der Waals surface area contributed by atoms with Crippen molar-refractivity contribution in [3.63, 3.8) is 0 Å². The standard InChI is InChI=1S/C18H21N5O/c1-12-7-5-6-8-15(12)11-23-10-9-16(21-23)19-18(24)17-13(2)20-22(4)14(17)3/h5-10H,11H2,1-4H3,(H,19,21,24). The van der Waals surface area contributed by atoms with Crippen LogP contribution in [0, 0.1) is 20.8 Å². The lowest BCUT2D eigenvalue weighted by atomic mass is 10.1. The topological polar surface area (TPSA) is 64.7 Å². The van der Waals surface area contributed by atoms with Crippen LogP contribution in [-0.2, 0) is 13.6 Å². The number of anilines is 1. The van der Waals surface area contributed by atoms with Gasteiger partial charge in [0, 0.05) is 25.0 Å². The molecule has 0 radical (unpaired) electrons. The Morgan fingerprint density at radius 2 is 1.88 bits per heavy atom. The number of carbonyl (C=O) groups is 1. The molecule has 6 nitrogen and oxygen atoms in total. The second-order valence-electron chi connectivity index (χ2n) is 5.95. The molecule has 3 aromatic rings. The van der Waals surface area contributed by atoms with Crippen molar-refractivity contribution in [3.8, 4) is 0 Å². The van der Waals surface area contributed by atoms with Crippen molar-refractivity contribution in [3.05, 3.63) is 64.6 Å². The molecule has 1 N–H and O–H groups in total. The fraction of sp³-hybridized carbons (Fsp3) is 0.278. The van der Waals surface area contributed by atoms with E-state index < -0.39 is 0 Å². The predicted octanol–water partition coefficient (Wildman–Crippen LogP) is 2.84. The van der Waals surface area contributed by atoms with Crippen molar-refractivity contribution in [2.75, 3.05) is 5.32 Å². The van der Waals surface area contributed by atoms with E-state index >= 15 is 0 Å². The van der Waals surface area contributed by atoms with Gasteiger partial charge in [-0.1, -0.05) is 24.3 Å². The number of benzene rings is 1. The van der Waals surface area contributed by atoms with Crippen molar-refractivity contribution in [1.29, 1.82) is 0 Å². The molecule has 0 bridgehead atoms. The zero-order valence-electron chi connectivity index (χ0n) is 14.4. The van der Waals surface area contributed by atoms with E-state index in [0.29, 0.717) is 23.6 Å². The summed E-state index contributed by atoms with van der Waals surface area (Å²) >= 11 is 0. The van der Waals surface area contributed by atoms with E-state index in [9.17, 15) is 4.79 Å². The van der Waals surface area contributed by atoms with Crippen LogP contribution in [0.3, 0.4) is 0 Å². The van der Waals surface area contributed by atoms with Crippen LogP contribution in [0.25, 0.3) is 0 Å². The number of nitrogens with zero attached hydrogens (tertiary/aromatic N) is 4. The maximum Gasteiger partial charge on any atom is 0.260 e. The van der Waals surface area contributed by atoms with Gasteiger partial charge in [-0.25, -0.2) is 0 Å². The van der Waals surface area contributed by atoms with Gasteiger partial charge in [0.05, 0.1) is 17.8 Å². The molecule has 0 saturated carbocycles. The van der Waals surface area contributed by atoms with Crippen LogP contribution in [0.2, 0.25) is 0 Å². The van der Waals surface area contributed by atoms with Crippen LogP contribution in [0.1, 0.15) is 32.9 Å². The molecule has 0 spiro atoms. The Morgan fingerprint density at radius 3 is 2.54 bits per heavy atom. The number of amides is 1. The van der Waals surface area contributed by atoms with Crippen LogP contribution in [-0.4, -0.2) is 25.5 Å². The molecule has 6 heteroatoms. The lowest BCUT2D eigenvalue weighted by molar-refractivity contribution is 0.102. The quantitative estimate of drug-likeness (QED) is 0.803. The van der Waals surface area contributed by atoms with Gasteiger partial charge in [-0.05, 0) is 31.9 Å². The van der Waals surface area contributed by atoms with Gasteiger partial charge in [0.15, 0.2) is 5.82 Å². The molecule has 124 valence electrons. The first-order valence-electron chi connectivity index (χ1n) is 7.85. The second-order valence-corrected chi connectivity index (χ2v) is 5.95. The van der Waals surface area contributed by atoms with Gasteiger partial charge in [0.2, 0.25) is 0 Å². The molecule has 0 saturated heterocycles. The highest BCUT2D eigenvalue weighted by atomic mass is 16.1. The molecule has 0 unspecified atom stereocenters. The van der Waals surface area contributed by atoms with Crippen LogP contribution in [0.4, 0.5) is 5.82 Å². The predicted molar refractivity (Wildman–Crippen MR) is 93.1 cm³/mol. The lowest BCUT2D eigenvalue weighted by Crippen LogP contribution is -2.15. The Kier molecular flexibility index (Phi) is 4.20. The van der Waals surface area contributed by atoms with Crippen molar-refractivity contribution < 1.29 is 4.79 Å². The van der Waals surface area contributed by atoms with E-state index in [1.165, 1.54) is 11.1 Å². The van der Waals surface area contributed by atoms with Gasteiger partial charge in [-0.2, -0.15) is 10.2 Å². The molecule has 0 atom stereocenters. The first-order valence-corrected chi connectivity index (χ1v) is 7.85. The average Bonchev–Trinajstić information content (AvgIpc) is 3.06. The number of nitrogens with one attached hydrogen (secondary N) is 1. The summed E-state index contributed by atoms with van der Waals surface area (Å²) in [7, 11) is 1.83. The summed E-state index contributed by atoms with van der Waals surface area (Å²) in [5.74, 6) is 0.357. The van der Waals surface area contributed by atoms with Crippen LogP contribution >= 0.6 is 0 Å². The maximum absolute atomic E-state index is 12.5. The molecule has 2 aromatic heterocycles. The third-order valence-electron chi connectivity index (χ3n) is 4.21. The summed E-state index contributed by atoms with van der Waals surface area (Å²) in [6.07, 6.45) is 1.87. The van der Waals surface area contributed by atoms with E-state index in [2.05, 4.69) is 34.6 Å². The summed E-state index contributed by atoms with van der Waals surface area (Å²) in [6.45, 7) is 6.47. The van der Waals surface area contributed by atoms with Crippen LogP contribution in [0.15, 0.2) is 36.5 Å². The van der Waals surface area contributed by atoms with Crippen molar-refractivity contribution in [1.82, 2.24) is 19.6 Å². The first-order chi connectivity index (χ1) is 11.5. The van der Waals surface area contributed by atoms with E-state index in [-0.39, 0.29) is 5.91 Å². The number of aryl methyl sites for hydroxylation is 3. The van der Waals surface area contributed by atoms with Gasteiger partial charge in [-0.3, -0.25) is 14.2 Å². The summed E-state index contributed by atoms with van der Waals surface area (Å²) in [5, 5.41) is 11.6. The maximum atomic E-state index is 12.5. The zero-order valence-corrected chi connectivity index (χ0v) is 14.4. The van der Waals surface area contributed by atoms with Gasteiger partial charge >= 0.3 is 0 Å². The molecule has 1 aromatic carbocycles. The minimum atomic E-state index is -0.181. The number of hydrogen-bond acceptors (Lipinski definition) is 3. The van der Waals surface area contributed by atoms with E-state index in [1.807, 2.05) is 43.9 Å². The SMILES string of the molecule is Cc1ccccc1Cn1ccc(NC(=O)c2c(C)nn(C)c2C)n1. The monoisotopic (exact) mass is 323 g/mol. The number of carbonyl (C=O) groups excluding carboxylic acids is 1. The highest BCUT2D eigenvalue weighted by molar-refractivity contribution is 6.05. The van der Waals surface area contributed by atoms with Gasteiger partial charge < -0.3 is 5.32 Å². The van der Waals surface area contributed by atoms with Gasteiger partial charge in [0.25, 0.3) is 5.91 Å². The number of hydrogen-bond donors (Lipinski definition) is 1. The Hall–Kier alpha value is -2.89. The first kappa shape index (κ1) is 16.0. The molecular weight excluding hydrogens is 302 g/mol. The molecule has 1 amide bonds. The van der Waals surface area contributed by atoms with Gasteiger partial charge in [-0.15, -0.1) is 0 Å². The fourth-order valence-electron chi connectivity index (χ4n) is 2.76. The largest absolute Gasteiger partial charge is 0.305 e. The summed E-state index contributed by atoms with van der Waals surface area (Å²) < 4.78 is 3.53. The average molecular weight is 323 g/mol. The minimum absolute atomic E-state index is 0.181. The molecule has 0 aliphatic carbocycles. The van der Waals surface area contributed by atoms with Crippen LogP contribution in [0.5, 0.6) is 0 Å². The molecule has 0 aliphatic rings. The Balaban J connectivity index is 1.74. The highest BCUT2D eigenvalue weighted by Gasteiger charge is 2.18. The van der Waals surface area contributed by atoms with E-state index in [0.717, 1.165) is 5.69 Å². The minimum Gasteiger partial charge on any atom is -0.305 e. The van der Waals surface area contributed by atoms with Crippen LogP contribution < -0.4 is 5.32 Å². The molecule has 24 heavy (non-hydrogen) atoms. The van der Waals surface area contributed by atoms with Gasteiger partial charge in [0.1, 0.15) is 0 Å². The molecule has 0 aliphatic heterocycles. The van der Waals surface area contributed by atoms with Crippen molar-refractivity contribution in [2.45, 2.75) is 27.3 Å². The smallest absolute Gasteiger partial charge is 0.260 e. The molecule has 3 rings (SSSR count). The third-order valence-corrected chi connectivity index (χ3v) is 4.21. The number of rotatable bonds is 4. The third kappa shape index (κ3) is 3.08. The fourth-order valence-corrected chi connectivity index (χ4v) is 2.76. The molecule has 2 heterocycles. The van der Waals surface area contributed by atoms with E-state index in [4.69, 9.17) is 0 Å². The Bertz CT molecular complexity index is 891. The summed E-state index contributed by atoms with van der Waals surface area (Å²) in [6, 6.07) is 10.00.